The summed E-state index contributed by atoms with van der Waals surface area (Å²) < 4.78 is 5.21. The summed E-state index contributed by atoms with van der Waals surface area (Å²) >= 11 is 11.1. The predicted molar refractivity (Wildman–Crippen MR) is 63.5 cm³/mol. The van der Waals surface area contributed by atoms with Gasteiger partial charge in [0.2, 0.25) is 0 Å². The third kappa shape index (κ3) is 3.72. The zero-order valence-corrected chi connectivity index (χ0v) is 9.74. The average Bonchev–Trinajstić information content (AvgIpc) is 2.26. The molecule has 1 rings (SSSR count). The Bertz CT molecular complexity index is 407. The van der Waals surface area contributed by atoms with Crippen LogP contribution in [0.4, 0.5) is 5.69 Å². The first-order chi connectivity index (χ1) is 7.65. The molecule has 0 spiro atoms. The normalized spacial score (nSPS) is 10.6. The molecule has 1 aromatic rings. The molecule has 86 valence electrons. The maximum Gasteiger partial charge on any atom is 0.312 e. The molecule has 0 N–H and O–H groups in total. The van der Waals surface area contributed by atoms with Gasteiger partial charge in [-0.25, -0.2) is 0 Å². The van der Waals surface area contributed by atoms with Crippen molar-refractivity contribution in [2.75, 3.05) is 12.5 Å². The van der Waals surface area contributed by atoms with Crippen molar-refractivity contribution in [2.24, 2.45) is 0 Å². The molecule has 0 bridgehead atoms. The summed E-state index contributed by atoms with van der Waals surface area (Å²) in [5, 5.41) is 11.0. The lowest BCUT2D eigenvalue weighted by atomic mass is 10.3. The number of nitro benzene ring substituents is 1. The van der Waals surface area contributed by atoms with E-state index in [1.807, 2.05) is 0 Å². The Balaban J connectivity index is 2.78. The minimum absolute atomic E-state index is 0.147. The largest absolute Gasteiger partial charge is 0.483 e. The fourth-order valence-corrected chi connectivity index (χ4v) is 1.32. The predicted octanol–water partition coefficient (Wildman–Crippen LogP) is 3.42. The Morgan fingerprint density at radius 1 is 1.44 bits per heavy atom. The van der Waals surface area contributed by atoms with Gasteiger partial charge in [-0.05, 0) is 12.1 Å². The van der Waals surface area contributed by atoms with E-state index in [0.29, 0.717) is 10.9 Å². The summed E-state index contributed by atoms with van der Waals surface area (Å²) in [5.41, 5.74) is -0.147. The SMILES string of the molecule is O=[N+]([O-])c1cc(Cl)ccc1OCC=CCCl. The number of benzene rings is 1. The van der Waals surface area contributed by atoms with Gasteiger partial charge < -0.3 is 4.74 Å². The molecule has 0 unspecified atom stereocenters. The summed E-state index contributed by atoms with van der Waals surface area (Å²) in [6.07, 6.45) is 3.38. The van der Waals surface area contributed by atoms with Crippen molar-refractivity contribution in [3.63, 3.8) is 0 Å². The molecule has 4 nitrogen and oxygen atoms in total. The van der Waals surface area contributed by atoms with Crippen molar-refractivity contribution in [1.29, 1.82) is 0 Å². The molecule has 6 heteroatoms. The Hall–Kier alpha value is -1.26. The maximum atomic E-state index is 10.7. The topological polar surface area (TPSA) is 52.4 Å². The van der Waals surface area contributed by atoms with Gasteiger partial charge in [-0.3, -0.25) is 10.1 Å². The lowest BCUT2D eigenvalue weighted by Crippen LogP contribution is -1.98. The first-order valence-electron chi connectivity index (χ1n) is 4.43. The fourth-order valence-electron chi connectivity index (χ4n) is 1.02. The number of allylic oxidation sites excluding steroid dienone is 1. The Labute approximate surface area is 103 Å². The van der Waals surface area contributed by atoms with Crippen LogP contribution in [-0.4, -0.2) is 17.4 Å². The number of nitrogens with zero attached hydrogens (tertiary/aromatic N) is 1. The lowest BCUT2D eigenvalue weighted by Gasteiger charge is -2.04. The van der Waals surface area contributed by atoms with E-state index in [9.17, 15) is 10.1 Å². The average molecular weight is 262 g/mol. The fraction of sp³-hybridized carbons (Fsp3) is 0.200. The van der Waals surface area contributed by atoms with Gasteiger partial charge in [0.15, 0.2) is 5.75 Å². The van der Waals surface area contributed by atoms with Crippen molar-refractivity contribution >= 4 is 28.9 Å². The van der Waals surface area contributed by atoms with E-state index < -0.39 is 4.92 Å². The first kappa shape index (κ1) is 12.8. The standard InChI is InChI=1S/C10H9Cl2NO3/c11-5-1-2-6-16-10-4-3-8(12)7-9(10)13(14)15/h1-4,7H,5-6H2. The number of halogens is 2. The third-order valence-electron chi connectivity index (χ3n) is 1.71. The van der Waals surface area contributed by atoms with Gasteiger partial charge in [-0.1, -0.05) is 23.8 Å². The van der Waals surface area contributed by atoms with E-state index in [0.717, 1.165) is 0 Å². The Morgan fingerprint density at radius 2 is 2.19 bits per heavy atom. The van der Waals surface area contributed by atoms with Gasteiger partial charge in [0.25, 0.3) is 0 Å². The van der Waals surface area contributed by atoms with Crippen LogP contribution in [0.5, 0.6) is 5.75 Å². The van der Waals surface area contributed by atoms with Crippen LogP contribution in [0.15, 0.2) is 30.4 Å². The third-order valence-corrected chi connectivity index (χ3v) is 2.12. The van der Waals surface area contributed by atoms with Gasteiger partial charge in [0, 0.05) is 17.0 Å². The number of ether oxygens (including phenoxy) is 1. The van der Waals surface area contributed by atoms with Crippen LogP contribution in [0.2, 0.25) is 5.02 Å². The monoisotopic (exact) mass is 261 g/mol. The summed E-state index contributed by atoms with van der Waals surface area (Å²) in [7, 11) is 0. The number of hydrogen-bond acceptors (Lipinski definition) is 3. The molecule has 0 heterocycles. The molecule has 0 amide bonds. The highest BCUT2D eigenvalue weighted by Gasteiger charge is 2.14. The summed E-state index contributed by atoms with van der Waals surface area (Å²) in [6, 6.07) is 4.26. The number of rotatable bonds is 5. The molecular weight excluding hydrogens is 253 g/mol. The second kappa shape index (κ2) is 6.35. The van der Waals surface area contributed by atoms with E-state index in [1.54, 1.807) is 12.2 Å². The second-order valence-electron chi connectivity index (χ2n) is 2.81. The minimum Gasteiger partial charge on any atom is -0.483 e. The summed E-state index contributed by atoms with van der Waals surface area (Å²) in [6.45, 7) is 0.231. The molecule has 1 aromatic carbocycles. The molecule has 0 aliphatic heterocycles. The molecule has 0 aliphatic carbocycles. The summed E-state index contributed by atoms with van der Waals surface area (Å²) in [5.74, 6) is 0.570. The highest BCUT2D eigenvalue weighted by molar-refractivity contribution is 6.30. The van der Waals surface area contributed by atoms with Crippen LogP contribution in [-0.2, 0) is 0 Å². The van der Waals surface area contributed by atoms with Gasteiger partial charge in [0.1, 0.15) is 6.61 Å². The molecule has 0 radical (unpaired) electrons. The van der Waals surface area contributed by atoms with Crippen LogP contribution >= 0.6 is 23.2 Å². The molecule has 0 fully saturated rings. The molecular formula is C10H9Cl2NO3. The molecule has 0 aromatic heterocycles. The van der Waals surface area contributed by atoms with Crippen molar-refractivity contribution in [3.8, 4) is 5.75 Å². The molecule has 16 heavy (non-hydrogen) atoms. The highest BCUT2D eigenvalue weighted by Crippen LogP contribution is 2.29. The van der Waals surface area contributed by atoms with E-state index in [4.69, 9.17) is 27.9 Å². The van der Waals surface area contributed by atoms with Crippen molar-refractivity contribution in [2.45, 2.75) is 0 Å². The zero-order chi connectivity index (χ0) is 12.0. The van der Waals surface area contributed by atoms with Gasteiger partial charge in [-0.15, -0.1) is 11.6 Å². The van der Waals surface area contributed by atoms with Crippen LogP contribution in [0.1, 0.15) is 0 Å². The van der Waals surface area contributed by atoms with E-state index in [2.05, 4.69) is 0 Å². The lowest BCUT2D eigenvalue weighted by molar-refractivity contribution is -0.385. The molecule has 0 atom stereocenters. The second-order valence-corrected chi connectivity index (χ2v) is 3.55. The van der Waals surface area contributed by atoms with E-state index in [-0.39, 0.29) is 18.0 Å². The molecule has 0 saturated carbocycles. The van der Waals surface area contributed by atoms with Gasteiger partial charge in [-0.2, -0.15) is 0 Å². The first-order valence-corrected chi connectivity index (χ1v) is 5.34. The van der Waals surface area contributed by atoms with Crippen LogP contribution < -0.4 is 4.74 Å². The molecule has 0 aliphatic rings. The van der Waals surface area contributed by atoms with Crippen LogP contribution in [0.25, 0.3) is 0 Å². The number of alkyl halides is 1. The smallest absolute Gasteiger partial charge is 0.312 e. The van der Waals surface area contributed by atoms with E-state index in [1.165, 1.54) is 18.2 Å². The Kier molecular flexibility index (Phi) is 5.08. The van der Waals surface area contributed by atoms with Crippen LogP contribution in [0.3, 0.4) is 0 Å². The molecule has 0 saturated heterocycles. The van der Waals surface area contributed by atoms with Crippen molar-refractivity contribution in [3.05, 3.63) is 45.5 Å². The van der Waals surface area contributed by atoms with Crippen molar-refractivity contribution < 1.29 is 9.66 Å². The van der Waals surface area contributed by atoms with E-state index >= 15 is 0 Å². The number of hydrogen-bond donors (Lipinski definition) is 0. The highest BCUT2D eigenvalue weighted by atomic mass is 35.5. The zero-order valence-electron chi connectivity index (χ0n) is 8.23. The summed E-state index contributed by atoms with van der Waals surface area (Å²) in [4.78, 5) is 10.2. The van der Waals surface area contributed by atoms with Crippen LogP contribution in [0, 0.1) is 10.1 Å². The van der Waals surface area contributed by atoms with Gasteiger partial charge >= 0.3 is 5.69 Å². The van der Waals surface area contributed by atoms with Crippen molar-refractivity contribution in [1.82, 2.24) is 0 Å². The quantitative estimate of drug-likeness (QED) is 0.353. The van der Waals surface area contributed by atoms with Gasteiger partial charge in [0.05, 0.1) is 4.92 Å². The number of nitro groups is 1. The minimum atomic E-state index is -0.535. The Morgan fingerprint density at radius 3 is 2.81 bits per heavy atom. The maximum absolute atomic E-state index is 10.7.